The van der Waals surface area contributed by atoms with Crippen LogP contribution in [-0.4, -0.2) is 27.5 Å². The Morgan fingerprint density at radius 1 is 1.22 bits per heavy atom. The van der Waals surface area contributed by atoms with Crippen molar-refractivity contribution in [1.82, 2.24) is 5.06 Å². The maximum atomic E-state index is 8.24. The third kappa shape index (κ3) is 2.78. The van der Waals surface area contributed by atoms with Crippen LogP contribution in [0.1, 0.15) is 53.4 Å². The number of hydrogen-bond acceptors (Lipinski definition) is 2. The van der Waals surface area contributed by atoms with Crippen molar-refractivity contribution in [1.29, 1.82) is 0 Å². The van der Waals surface area contributed by atoms with Crippen LogP contribution >= 0.6 is 0 Å². The molecule has 0 aromatic carbocycles. The summed E-state index contributed by atoms with van der Waals surface area (Å²) in [5.74, 6) is 1.10. The summed E-state index contributed by atoms with van der Waals surface area (Å²) < 4.78 is 6.15. The molecule has 3 heteroatoms. The van der Waals surface area contributed by atoms with Gasteiger partial charge in [-0.25, -0.2) is 0 Å². The molecule has 0 bridgehead atoms. The fraction of sp³-hybridized carbons (Fsp3) is 0.733. The van der Waals surface area contributed by atoms with Gasteiger partial charge in [-0.1, -0.05) is 17.2 Å². The molecule has 18 heavy (non-hydrogen) atoms. The number of ether oxygens (including phenoxy) is 1. The van der Waals surface area contributed by atoms with Crippen LogP contribution in [0.3, 0.4) is 0 Å². The first-order chi connectivity index (χ1) is 8.31. The molecule has 1 fully saturated rings. The van der Waals surface area contributed by atoms with Crippen LogP contribution in [0.5, 0.6) is 0 Å². The van der Waals surface area contributed by atoms with Crippen molar-refractivity contribution < 1.29 is 9.94 Å². The van der Waals surface area contributed by atoms with E-state index in [0.29, 0.717) is 0 Å². The molecule has 1 aliphatic heterocycles. The average molecular weight is 252 g/mol. The summed E-state index contributed by atoms with van der Waals surface area (Å²) in [5, 5.41) is 9.98. The predicted octanol–water partition coefficient (Wildman–Crippen LogP) is 2.90. The zero-order valence-electron chi connectivity index (χ0n) is 12.0. The minimum absolute atomic E-state index is 0.127. The Hall–Kier alpha value is -0.800. The fourth-order valence-corrected chi connectivity index (χ4v) is 3.16. The molecule has 0 radical (unpaired) electrons. The van der Waals surface area contributed by atoms with Gasteiger partial charge in [0.1, 0.15) is 6.10 Å². The van der Waals surface area contributed by atoms with Gasteiger partial charge >= 0.3 is 0 Å². The SMILES string of the molecule is CC1(C)CC(OC2=CC=CCC2)CC(C)(C)N1[OH2+]. The molecule has 1 saturated heterocycles. The van der Waals surface area contributed by atoms with Crippen LogP contribution in [0.15, 0.2) is 24.0 Å². The number of nitrogens with zero attached hydrogens (tertiary/aromatic N) is 1. The van der Waals surface area contributed by atoms with Gasteiger partial charge in [0, 0.05) is 19.3 Å². The van der Waals surface area contributed by atoms with Crippen molar-refractivity contribution in [2.24, 2.45) is 0 Å². The van der Waals surface area contributed by atoms with Crippen LogP contribution in [0.2, 0.25) is 0 Å². The third-order valence-electron chi connectivity index (χ3n) is 3.96. The molecule has 2 N–H and O–H groups in total. The van der Waals surface area contributed by atoms with Gasteiger partial charge in [-0.2, -0.15) is 0 Å². The van der Waals surface area contributed by atoms with E-state index in [0.717, 1.165) is 31.4 Å². The van der Waals surface area contributed by atoms with Crippen LogP contribution in [-0.2, 0) is 4.74 Å². The lowest BCUT2D eigenvalue weighted by atomic mass is 9.80. The highest BCUT2D eigenvalue weighted by molar-refractivity contribution is 5.13. The first-order valence-corrected chi connectivity index (χ1v) is 6.85. The van der Waals surface area contributed by atoms with Gasteiger partial charge in [-0.3, -0.25) is 0 Å². The summed E-state index contributed by atoms with van der Waals surface area (Å²) in [7, 11) is 0. The monoisotopic (exact) mass is 252 g/mol. The van der Waals surface area contributed by atoms with Crippen molar-refractivity contribution in [3.05, 3.63) is 24.0 Å². The molecule has 2 rings (SSSR count). The summed E-state index contributed by atoms with van der Waals surface area (Å²) in [4.78, 5) is 0. The molecule has 1 heterocycles. The normalized spacial score (nSPS) is 27.9. The highest BCUT2D eigenvalue weighted by Gasteiger charge is 2.49. The molecule has 0 spiro atoms. The van der Waals surface area contributed by atoms with Crippen LogP contribution in [0, 0.1) is 0 Å². The molecular weight excluding hydrogens is 226 g/mol. The van der Waals surface area contributed by atoms with E-state index in [9.17, 15) is 0 Å². The largest absolute Gasteiger partial charge is 0.495 e. The Balaban J connectivity index is 2.06. The van der Waals surface area contributed by atoms with Crippen molar-refractivity contribution in [3.63, 3.8) is 0 Å². The Morgan fingerprint density at radius 3 is 2.33 bits per heavy atom. The molecule has 0 saturated carbocycles. The van der Waals surface area contributed by atoms with Crippen LogP contribution in [0.4, 0.5) is 0 Å². The van der Waals surface area contributed by atoms with E-state index in [1.807, 2.05) is 0 Å². The van der Waals surface area contributed by atoms with E-state index in [1.165, 1.54) is 0 Å². The Kier molecular flexibility index (Phi) is 3.56. The molecule has 0 amide bonds. The second kappa shape index (κ2) is 4.71. The van der Waals surface area contributed by atoms with E-state index in [-0.39, 0.29) is 17.2 Å². The molecular formula is C15H26NO2+. The molecule has 3 nitrogen and oxygen atoms in total. The number of allylic oxidation sites excluding steroid dienone is 4. The van der Waals surface area contributed by atoms with Gasteiger partial charge in [-0.05, 0) is 40.2 Å². The lowest BCUT2D eigenvalue weighted by Gasteiger charge is -2.47. The molecule has 102 valence electrons. The van der Waals surface area contributed by atoms with Crippen LogP contribution in [0.25, 0.3) is 0 Å². The molecule has 1 aliphatic carbocycles. The first-order valence-electron chi connectivity index (χ1n) is 6.85. The zero-order chi connectivity index (χ0) is 13.4. The number of piperidine rings is 1. The summed E-state index contributed by atoms with van der Waals surface area (Å²) in [6, 6.07) is 0. The smallest absolute Gasteiger partial charge is 0.102 e. The Bertz CT molecular complexity index is 351. The number of hydroxylamine groups is 2. The molecule has 0 atom stereocenters. The average Bonchev–Trinajstić information content (AvgIpc) is 2.26. The standard InChI is InChI=1S/C15H25NO2/c1-14(2)10-13(11-15(3,4)16(14)17)18-12-8-6-5-7-9-12/h5-6,8,13,17H,7,9-11H2,1-4H3/p+1. The summed E-state index contributed by atoms with van der Waals surface area (Å²) in [5.41, 5.74) is -0.255. The van der Waals surface area contributed by atoms with E-state index in [4.69, 9.17) is 9.94 Å². The number of rotatable bonds is 2. The minimum atomic E-state index is -0.127. The lowest BCUT2D eigenvalue weighted by Crippen LogP contribution is -2.60. The van der Waals surface area contributed by atoms with Crippen LogP contribution < -0.4 is 0 Å². The zero-order valence-corrected chi connectivity index (χ0v) is 12.0. The Morgan fingerprint density at radius 2 is 1.83 bits per heavy atom. The second-order valence-corrected chi connectivity index (χ2v) is 6.71. The molecule has 2 aliphatic rings. The molecule has 0 aromatic heterocycles. The maximum Gasteiger partial charge on any atom is 0.102 e. The van der Waals surface area contributed by atoms with Gasteiger partial charge in [0.2, 0.25) is 0 Å². The first kappa shape index (κ1) is 13.6. The van der Waals surface area contributed by atoms with Gasteiger partial charge in [-0.15, -0.1) is 0 Å². The fourth-order valence-electron chi connectivity index (χ4n) is 3.16. The van der Waals surface area contributed by atoms with E-state index in [1.54, 1.807) is 5.06 Å². The topological polar surface area (TPSA) is 35.4 Å². The minimum Gasteiger partial charge on any atom is -0.495 e. The van der Waals surface area contributed by atoms with Gasteiger partial charge < -0.3 is 9.94 Å². The van der Waals surface area contributed by atoms with Crippen molar-refractivity contribution in [2.45, 2.75) is 70.6 Å². The molecule has 0 aromatic rings. The van der Waals surface area contributed by atoms with Gasteiger partial charge in [0.05, 0.1) is 16.8 Å². The second-order valence-electron chi connectivity index (χ2n) is 6.71. The lowest BCUT2D eigenvalue weighted by molar-refractivity contribution is -0.258. The summed E-state index contributed by atoms with van der Waals surface area (Å²) in [6.45, 7) is 8.53. The van der Waals surface area contributed by atoms with Gasteiger partial charge in [0.25, 0.3) is 0 Å². The highest BCUT2D eigenvalue weighted by atomic mass is 16.5. The maximum absolute atomic E-state index is 8.24. The third-order valence-corrected chi connectivity index (χ3v) is 3.96. The predicted molar refractivity (Wildman–Crippen MR) is 74.2 cm³/mol. The Labute approximate surface area is 110 Å². The van der Waals surface area contributed by atoms with E-state index >= 15 is 0 Å². The summed E-state index contributed by atoms with van der Waals surface area (Å²) in [6.07, 6.45) is 10.5. The molecule has 0 unspecified atom stereocenters. The highest BCUT2D eigenvalue weighted by Crippen LogP contribution is 2.38. The quantitative estimate of drug-likeness (QED) is 0.708. The van der Waals surface area contributed by atoms with Crippen molar-refractivity contribution in [2.75, 3.05) is 0 Å². The van der Waals surface area contributed by atoms with Crippen molar-refractivity contribution >= 4 is 0 Å². The van der Waals surface area contributed by atoms with E-state index in [2.05, 4.69) is 45.9 Å². The van der Waals surface area contributed by atoms with Gasteiger partial charge in [0.15, 0.2) is 0 Å². The summed E-state index contributed by atoms with van der Waals surface area (Å²) >= 11 is 0. The number of hydrogen-bond donors (Lipinski definition) is 0. The van der Waals surface area contributed by atoms with E-state index < -0.39 is 0 Å². The van der Waals surface area contributed by atoms with Crippen molar-refractivity contribution in [3.8, 4) is 0 Å².